The largest absolute Gasteiger partial charge is 0.462 e. The Morgan fingerprint density at radius 2 is 0.938 bits per heavy atom. The van der Waals surface area contributed by atoms with E-state index in [-0.39, 0.29) is 25.2 Å². The molecule has 0 aromatic carbocycles. The Bertz CT molecular complexity index is 812. The SMILES string of the molecule is CC/C=C\C/C=C\C/C=C\C/C=C\CCCCC(=O)OCC(COCCCCCCCCCCCC)OC(=O)CCCCCCCCC. The lowest BCUT2D eigenvalue weighted by Crippen LogP contribution is -2.30. The first kappa shape index (κ1) is 45.9. The predicted molar refractivity (Wildman–Crippen MR) is 205 cm³/mol. The number of unbranched alkanes of at least 4 members (excludes halogenated alkanes) is 17. The van der Waals surface area contributed by atoms with Gasteiger partial charge in [0.15, 0.2) is 6.10 Å². The number of carbonyl (C=O) groups is 2. The number of ether oxygens (including phenoxy) is 3. The first-order valence-electron chi connectivity index (χ1n) is 20.2. The summed E-state index contributed by atoms with van der Waals surface area (Å²) >= 11 is 0. The summed E-state index contributed by atoms with van der Waals surface area (Å²) in [6, 6.07) is 0. The second kappa shape index (κ2) is 39.3. The predicted octanol–water partition coefficient (Wildman–Crippen LogP) is 12.9. The van der Waals surface area contributed by atoms with Gasteiger partial charge in [-0.25, -0.2) is 0 Å². The van der Waals surface area contributed by atoms with Crippen LogP contribution in [0.5, 0.6) is 0 Å². The lowest BCUT2D eigenvalue weighted by atomic mass is 10.1. The average molecular weight is 673 g/mol. The van der Waals surface area contributed by atoms with Gasteiger partial charge in [-0.2, -0.15) is 0 Å². The van der Waals surface area contributed by atoms with Crippen molar-refractivity contribution in [2.45, 2.75) is 194 Å². The van der Waals surface area contributed by atoms with Gasteiger partial charge in [0.1, 0.15) is 6.61 Å². The third kappa shape index (κ3) is 36.7. The van der Waals surface area contributed by atoms with Gasteiger partial charge >= 0.3 is 11.9 Å². The van der Waals surface area contributed by atoms with Crippen molar-refractivity contribution >= 4 is 11.9 Å². The zero-order valence-corrected chi connectivity index (χ0v) is 31.7. The fraction of sp³-hybridized carbons (Fsp3) is 0.767. The molecule has 0 aromatic heterocycles. The number of carbonyl (C=O) groups excluding carboxylic acids is 2. The molecule has 0 saturated heterocycles. The van der Waals surface area contributed by atoms with Crippen LogP contribution in [0, 0.1) is 0 Å². The molecule has 0 saturated carbocycles. The molecule has 0 rings (SSSR count). The molecule has 0 amide bonds. The summed E-state index contributed by atoms with van der Waals surface area (Å²) in [5, 5.41) is 0. The third-order valence-electron chi connectivity index (χ3n) is 8.38. The minimum Gasteiger partial charge on any atom is -0.462 e. The minimum atomic E-state index is -0.543. The van der Waals surface area contributed by atoms with Crippen molar-refractivity contribution in [3.63, 3.8) is 0 Å². The van der Waals surface area contributed by atoms with E-state index in [1.807, 2.05) is 0 Å². The fourth-order valence-corrected chi connectivity index (χ4v) is 5.38. The fourth-order valence-electron chi connectivity index (χ4n) is 5.38. The maximum absolute atomic E-state index is 12.5. The Balaban J connectivity index is 4.25. The van der Waals surface area contributed by atoms with Gasteiger partial charge in [-0.15, -0.1) is 0 Å². The topological polar surface area (TPSA) is 61.8 Å². The summed E-state index contributed by atoms with van der Waals surface area (Å²) in [7, 11) is 0. The number of rotatable bonds is 36. The molecule has 0 bridgehead atoms. The van der Waals surface area contributed by atoms with Crippen molar-refractivity contribution < 1.29 is 23.8 Å². The summed E-state index contributed by atoms with van der Waals surface area (Å²) in [4.78, 5) is 25.0. The van der Waals surface area contributed by atoms with E-state index in [9.17, 15) is 9.59 Å². The van der Waals surface area contributed by atoms with Gasteiger partial charge in [-0.3, -0.25) is 9.59 Å². The highest BCUT2D eigenvalue weighted by atomic mass is 16.6. The van der Waals surface area contributed by atoms with Crippen LogP contribution in [-0.2, 0) is 23.8 Å². The molecule has 5 heteroatoms. The van der Waals surface area contributed by atoms with E-state index >= 15 is 0 Å². The number of allylic oxidation sites excluding steroid dienone is 8. The average Bonchev–Trinajstić information content (AvgIpc) is 3.08. The molecule has 5 nitrogen and oxygen atoms in total. The Morgan fingerprint density at radius 3 is 1.50 bits per heavy atom. The highest BCUT2D eigenvalue weighted by molar-refractivity contribution is 5.70. The molecule has 48 heavy (non-hydrogen) atoms. The zero-order valence-electron chi connectivity index (χ0n) is 31.7. The van der Waals surface area contributed by atoms with Gasteiger partial charge in [-0.05, 0) is 57.8 Å². The van der Waals surface area contributed by atoms with Crippen LogP contribution in [0.2, 0.25) is 0 Å². The highest BCUT2D eigenvalue weighted by Crippen LogP contribution is 2.12. The summed E-state index contributed by atoms with van der Waals surface area (Å²) in [5.74, 6) is -0.451. The van der Waals surface area contributed by atoms with Crippen LogP contribution >= 0.6 is 0 Å². The number of hydrogen-bond acceptors (Lipinski definition) is 5. The molecule has 278 valence electrons. The van der Waals surface area contributed by atoms with Crippen LogP contribution in [0.3, 0.4) is 0 Å². The Morgan fingerprint density at radius 1 is 0.479 bits per heavy atom. The van der Waals surface area contributed by atoms with Gasteiger partial charge in [-0.1, -0.05) is 166 Å². The lowest BCUT2D eigenvalue weighted by molar-refractivity contribution is -0.163. The van der Waals surface area contributed by atoms with E-state index in [0.29, 0.717) is 19.4 Å². The Hall–Kier alpha value is -2.14. The van der Waals surface area contributed by atoms with Gasteiger partial charge in [0.25, 0.3) is 0 Å². The second-order valence-corrected chi connectivity index (χ2v) is 13.2. The third-order valence-corrected chi connectivity index (χ3v) is 8.38. The lowest BCUT2D eigenvalue weighted by Gasteiger charge is -2.18. The minimum absolute atomic E-state index is 0.0660. The molecule has 0 fully saturated rings. The van der Waals surface area contributed by atoms with E-state index in [0.717, 1.165) is 70.6 Å². The molecule has 0 spiro atoms. The van der Waals surface area contributed by atoms with E-state index in [1.54, 1.807) is 0 Å². The van der Waals surface area contributed by atoms with Crippen molar-refractivity contribution in [1.29, 1.82) is 0 Å². The van der Waals surface area contributed by atoms with Crippen LogP contribution < -0.4 is 0 Å². The van der Waals surface area contributed by atoms with Crippen LogP contribution in [0.4, 0.5) is 0 Å². The first-order valence-corrected chi connectivity index (χ1v) is 20.2. The van der Waals surface area contributed by atoms with Gasteiger partial charge in [0.05, 0.1) is 6.61 Å². The smallest absolute Gasteiger partial charge is 0.306 e. The van der Waals surface area contributed by atoms with Crippen molar-refractivity contribution in [1.82, 2.24) is 0 Å². The normalized spacial score (nSPS) is 12.6. The van der Waals surface area contributed by atoms with E-state index in [1.165, 1.54) is 83.5 Å². The van der Waals surface area contributed by atoms with Crippen LogP contribution in [-0.4, -0.2) is 37.9 Å². The summed E-state index contributed by atoms with van der Waals surface area (Å²) in [6.45, 7) is 7.62. The van der Waals surface area contributed by atoms with E-state index < -0.39 is 6.10 Å². The molecule has 0 heterocycles. The summed E-state index contributed by atoms with van der Waals surface area (Å²) in [5.41, 5.74) is 0. The number of esters is 2. The monoisotopic (exact) mass is 673 g/mol. The van der Waals surface area contributed by atoms with Crippen molar-refractivity contribution in [3.05, 3.63) is 48.6 Å². The Kier molecular flexibility index (Phi) is 37.5. The molecule has 0 radical (unpaired) electrons. The van der Waals surface area contributed by atoms with Crippen LogP contribution in [0.25, 0.3) is 0 Å². The molecule has 0 aliphatic rings. The van der Waals surface area contributed by atoms with Crippen LogP contribution in [0.15, 0.2) is 48.6 Å². The highest BCUT2D eigenvalue weighted by Gasteiger charge is 2.17. The van der Waals surface area contributed by atoms with Crippen LogP contribution in [0.1, 0.15) is 188 Å². The standard InChI is InChI=1S/C43H76O5/c1-4-7-10-13-16-18-20-21-22-23-24-25-28-30-33-36-42(44)47-40-41(48-43(45)37-34-31-27-15-12-9-6-3)39-46-38-35-32-29-26-19-17-14-11-8-5-2/h7,10,16,18,21-22,24-25,41H,4-6,8-9,11-15,17,19-20,23,26-40H2,1-3H3/b10-7-,18-16-,22-21-,25-24-. The molecule has 0 aliphatic carbocycles. The molecule has 1 unspecified atom stereocenters. The summed E-state index contributed by atoms with van der Waals surface area (Å²) < 4.78 is 17.1. The first-order chi connectivity index (χ1) is 23.6. The Labute approximate surface area is 297 Å². The molecule has 0 aromatic rings. The van der Waals surface area contributed by atoms with Crippen molar-refractivity contribution in [2.75, 3.05) is 19.8 Å². The molecular weight excluding hydrogens is 596 g/mol. The van der Waals surface area contributed by atoms with E-state index in [2.05, 4.69) is 69.4 Å². The maximum atomic E-state index is 12.5. The molecular formula is C43H76O5. The maximum Gasteiger partial charge on any atom is 0.306 e. The quantitative estimate of drug-likeness (QED) is 0.0376. The molecule has 0 N–H and O–H groups in total. The van der Waals surface area contributed by atoms with Crippen molar-refractivity contribution in [2.24, 2.45) is 0 Å². The van der Waals surface area contributed by atoms with Gasteiger partial charge < -0.3 is 14.2 Å². The summed E-state index contributed by atoms with van der Waals surface area (Å²) in [6.07, 6.45) is 45.4. The van der Waals surface area contributed by atoms with Crippen molar-refractivity contribution in [3.8, 4) is 0 Å². The molecule has 0 aliphatic heterocycles. The van der Waals surface area contributed by atoms with Gasteiger partial charge in [0, 0.05) is 19.4 Å². The number of hydrogen-bond donors (Lipinski definition) is 0. The van der Waals surface area contributed by atoms with Gasteiger partial charge in [0.2, 0.25) is 0 Å². The van der Waals surface area contributed by atoms with E-state index in [4.69, 9.17) is 14.2 Å². The zero-order chi connectivity index (χ0) is 35.0. The molecule has 1 atom stereocenters. The second-order valence-electron chi connectivity index (χ2n) is 13.2.